The van der Waals surface area contributed by atoms with Gasteiger partial charge in [0, 0.05) is 27.1 Å². The second kappa shape index (κ2) is 7.57. The standard InChI is InChI=1S/C24H30B2ClFO4/c1-21(2)22(3,4)30-25(29-21)17-13-9-11-15(19(17)27)16-12-10-14-18(20(16)28)26-31-23(5,6)24(7,8)32-26/h9-14H,1-8H3. The zero-order valence-electron chi connectivity index (χ0n) is 20.0. The second-order valence-electron chi connectivity index (χ2n) is 10.6. The van der Waals surface area contributed by atoms with Crippen LogP contribution >= 0.6 is 11.6 Å². The summed E-state index contributed by atoms with van der Waals surface area (Å²) in [7, 11) is -1.44. The van der Waals surface area contributed by atoms with Gasteiger partial charge in [-0.3, -0.25) is 0 Å². The number of halogens is 2. The van der Waals surface area contributed by atoms with Crippen molar-refractivity contribution in [2.45, 2.75) is 77.8 Å². The fraction of sp³-hybridized carbons (Fsp3) is 0.500. The van der Waals surface area contributed by atoms with E-state index < -0.39 is 42.5 Å². The molecule has 2 saturated heterocycles. The summed E-state index contributed by atoms with van der Waals surface area (Å²) >= 11 is 6.80. The average Bonchev–Trinajstić information content (AvgIpc) is 3.01. The molecule has 2 heterocycles. The third kappa shape index (κ3) is 3.72. The van der Waals surface area contributed by atoms with Crippen molar-refractivity contribution in [2.75, 3.05) is 0 Å². The maximum atomic E-state index is 15.8. The van der Waals surface area contributed by atoms with Crippen LogP contribution in [0.25, 0.3) is 11.1 Å². The summed E-state index contributed by atoms with van der Waals surface area (Å²) in [5.74, 6) is -0.418. The van der Waals surface area contributed by atoms with Crippen LogP contribution in [0.4, 0.5) is 4.39 Å². The van der Waals surface area contributed by atoms with Crippen LogP contribution in [-0.2, 0) is 18.6 Å². The number of hydrogen-bond acceptors (Lipinski definition) is 4. The predicted octanol–water partition coefficient (Wildman–Crippen LogP) is 4.74. The van der Waals surface area contributed by atoms with Gasteiger partial charge < -0.3 is 18.6 Å². The molecule has 2 aromatic carbocycles. The Bertz CT molecular complexity index is 939. The fourth-order valence-electron chi connectivity index (χ4n) is 3.82. The van der Waals surface area contributed by atoms with Crippen molar-refractivity contribution in [2.24, 2.45) is 0 Å². The zero-order valence-corrected chi connectivity index (χ0v) is 20.8. The molecular formula is C24H30B2ClFO4. The van der Waals surface area contributed by atoms with Crippen LogP contribution in [-0.4, -0.2) is 36.6 Å². The van der Waals surface area contributed by atoms with E-state index in [1.54, 1.807) is 24.3 Å². The molecule has 0 aromatic heterocycles. The van der Waals surface area contributed by atoms with Crippen LogP contribution in [0, 0.1) is 5.82 Å². The highest BCUT2D eigenvalue weighted by atomic mass is 35.5. The van der Waals surface area contributed by atoms with E-state index in [1.807, 2.05) is 67.5 Å². The fourth-order valence-corrected chi connectivity index (χ4v) is 4.14. The molecule has 2 aliphatic heterocycles. The maximum Gasteiger partial charge on any atom is 0.497 e. The Morgan fingerprint density at radius 3 is 1.47 bits per heavy atom. The molecule has 0 bridgehead atoms. The lowest BCUT2D eigenvalue weighted by molar-refractivity contribution is 0.00578. The van der Waals surface area contributed by atoms with Gasteiger partial charge in [-0.1, -0.05) is 48.0 Å². The number of rotatable bonds is 3. The van der Waals surface area contributed by atoms with E-state index in [4.69, 9.17) is 30.2 Å². The van der Waals surface area contributed by atoms with Crippen LogP contribution < -0.4 is 10.9 Å². The monoisotopic (exact) mass is 458 g/mol. The van der Waals surface area contributed by atoms with E-state index in [-0.39, 0.29) is 0 Å². The Morgan fingerprint density at radius 2 is 1.00 bits per heavy atom. The normalized spacial score (nSPS) is 23.1. The first kappa shape index (κ1) is 23.8. The highest BCUT2D eigenvalue weighted by Gasteiger charge is 2.53. The van der Waals surface area contributed by atoms with E-state index in [0.717, 1.165) is 0 Å². The largest absolute Gasteiger partial charge is 0.497 e. The van der Waals surface area contributed by atoms with Gasteiger partial charge in [0.05, 0.1) is 22.4 Å². The zero-order chi connectivity index (χ0) is 23.7. The van der Waals surface area contributed by atoms with Crippen molar-refractivity contribution in [1.82, 2.24) is 0 Å². The molecule has 2 fully saturated rings. The van der Waals surface area contributed by atoms with Crippen molar-refractivity contribution in [1.29, 1.82) is 0 Å². The Hall–Kier alpha value is -1.37. The van der Waals surface area contributed by atoms with Gasteiger partial charge in [-0.2, -0.15) is 0 Å². The van der Waals surface area contributed by atoms with Gasteiger partial charge in [0.1, 0.15) is 5.82 Å². The molecule has 2 aromatic rings. The predicted molar refractivity (Wildman–Crippen MR) is 128 cm³/mol. The van der Waals surface area contributed by atoms with E-state index in [2.05, 4.69) is 0 Å². The number of hydrogen-bond donors (Lipinski definition) is 0. The molecule has 0 aliphatic carbocycles. The molecule has 4 rings (SSSR count). The highest BCUT2D eigenvalue weighted by molar-refractivity contribution is 6.66. The summed E-state index contributed by atoms with van der Waals surface area (Å²) in [5.41, 5.74) is -0.169. The minimum absolute atomic E-state index is 0.346. The highest BCUT2D eigenvalue weighted by Crippen LogP contribution is 2.39. The van der Waals surface area contributed by atoms with Crippen LogP contribution in [0.5, 0.6) is 0 Å². The van der Waals surface area contributed by atoms with Gasteiger partial charge in [0.2, 0.25) is 0 Å². The molecule has 0 amide bonds. The van der Waals surface area contributed by atoms with Gasteiger partial charge >= 0.3 is 14.2 Å². The molecule has 0 atom stereocenters. The maximum absolute atomic E-state index is 15.8. The molecule has 4 nitrogen and oxygen atoms in total. The van der Waals surface area contributed by atoms with Crippen molar-refractivity contribution in [3.63, 3.8) is 0 Å². The Balaban J connectivity index is 1.72. The third-order valence-electron chi connectivity index (χ3n) is 7.36. The lowest BCUT2D eigenvalue weighted by atomic mass is 9.75. The van der Waals surface area contributed by atoms with Crippen LogP contribution in [0.1, 0.15) is 55.4 Å². The second-order valence-corrected chi connectivity index (χ2v) is 11.0. The Kier molecular flexibility index (Phi) is 5.63. The van der Waals surface area contributed by atoms with Crippen LogP contribution in [0.3, 0.4) is 0 Å². The SMILES string of the molecule is CC1(C)OB(c2cccc(-c3cccc(B4OC(C)(C)C(C)(C)O4)c3Cl)c2F)OC1(C)C. The van der Waals surface area contributed by atoms with E-state index in [9.17, 15) is 0 Å². The minimum atomic E-state index is -0.801. The molecule has 8 heteroatoms. The van der Waals surface area contributed by atoms with Gasteiger partial charge in [-0.05, 0) is 55.4 Å². The van der Waals surface area contributed by atoms with Crippen LogP contribution in [0.2, 0.25) is 5.02 Å². The van der Waals surface area contributed by atoms with Crippen molar-refractivity contribution in [3.8, 4) is 11.1 Å². The van der Waals surface area contributed by atoms with E-state index in [0.29, 0.717) is 27.1 Å². The van der Waals surface area contributed by atoms with Gasteiger partial charge in [0.15, 0.2) is 0 Å². The quantitative estimate of drug-likeness (QED) is 0.623. The molecular weight excluding hydrogens is 428 g/mol. The molecule has 0 saturated carbocycles. The lowest BCUT2D eigenvalue weighted by Crippen LogP contribution is -2.41. The molecule has 0 radical (unpaired) electrons. The van der Waals surface area contributed by atoms with E-state index >= 15 is 4.39 Å². The van der Waals surface area contributed by atoms with Gasteiger partial charge in [-0.15, -0.1) is 0 Å². The molecule has 2 aliphatic rings. The third-order valence-corrected chi connectivity index (χ3v) is 7.78. The van der Waals surface area contributed by atoms with Gasteiger partial charge in [0.25, 0.3) is 0 Å². The summed E-state index contributed by atoms with van der Waals surface area (Å²) in [5, 5.41) is 0.399. The Labute approximate surface area is 196 Å². The van der Waals surface area contributed by atoms with Crippen molar-refractivity contribution >= 4 is 36.8 Å². The number of benzene rings is 2. The van der Waals surface area contributed by atoms with Crippen LogP contribution in [0.15, 0.2) is 36.4 Å². The smallest absolute Gasteiger partial charge is 0.399 e. The molecule has 170 valence electrons. The molecule has 32 heavy (non-hydrogen) atoms. The lowest BCUT2D eigenvalue weighted by Gasteiger charge is -2.32. The topological polar surface area (TPSA) is 36.9 Å². The summed E-state index contributed by atoms with van der Waals surface area (Å²) in [4.78, 5) is 0. The van der Waals surface area contributed by atoms with Crippen molar-refractivity contribution in [3.05, 3.63) is 47.2 Å². The molecule has 0 unspecified atom stereocenters. The van der Waals surface area contributed by atoms with E-state index in [1.165, 1.54) is 0 Å². The summed E-state index contributed by atoms with van der Waals surface area (Å²) in [6, 6.07) is 10.7. The summed E-state index contributed by atoms with van der Waals surface area (Å²) in [6.07, 6.45) is 0. The van der Waals surface area contributed by atoms with Gasteiger partial charge in [-0.25, -0.2) is 4.39 Å². The first-order valence-corrected chi connectivity index (χ1v) is 11.3. The first-order valence-electron chi connectivity index (χ1n) is 11.0. The summed E-state index contributed by atoms with van der Waals surface area (Å²) < 4.78 is 40.2. The average molecular weight is 459 g/mol. The molecule has 0 N–H and O–H groups in total. The summed E-state index contributed by atoms with van der Waals surface area (Å²) in [6.45, 7) is 15.7. The minimum Gasteiger partial charge on any atom is -0.399 e. The molecule has 0 spiro atoms. The van der Waals surface area contributed by atoms with Crippen molar-refractivity contribution < 1.29 is 23.0 Å². The first-order chi connectivity index (χ1) is 14.7. The Morgan fingerprint density at radius 1 is 0.625 bits per heavy atom.